The number of benzene rings is 1. The molecular formula is C18H26ClNO2. The summed E-state index contributed by atoms with van der Waals surface area (Å²) in [5.74, 6) is 0.350. The fraction of sp³-hybridized carbons (Fsp3) is 0.611. The molecule has 3 rings (SSSR count). The summed E-state index contributed by atoms with van der Waals surface area (Å²) in [6.45, 7) is 2.87. The van der Waals surface area contributed by atoms with Gasteiger partial charge in [-0.3, -0.25) is 4.79 Å². The summed E-state index contributed by atoms with van der Waals surface area (Å²) >= 11 is 0. The van der Waals surface area contributed by atoms with Crippen LogP contribution in [0.15, 0.2) is 30.3 Å². The fourth-order valence-corrected chi connectivity index (χ4v) is 4.25. The Balaban J connectivity index is 0.00000176. The highest BCUT2D eigenvalue weighted by atomic mass is 35.5. The van der Waals surface area contributed by atoms with Gasteiger partial charge in [0.2, 0.25) is 0 Å². The molecule has 1 heterocycles. The molecule has 0 bridgehead atoms. The first-order chi connectivity index (χ1) is 10.2. The van der Waals surface area contributed by atoms with Crippen molar-refractivity contribution in [1.82, 2.24) is 4.90 Å². The maximum atomic E-state index is 12.1. The third kappa shape index (κ3) is 2.89. The van der Waals surface area contributed by atoms with Crippen LogP contribution in [0.4, 0.5) is 0 Å². The molecule has 4 heteroatoms. The summed E-state index contributed by atoms with van der Waals surface area (Å²) in [4.78, 5) is 14.5. The van der Waals surface area contributed by atoms with Crippen molar-refractivity contribution in [2.75, 3.05) is 13.6 Å². The standard InChI is InChI=1S/C18H25NO2.ClH/c1-3-17(20)21-18(14-8-5-4-6-9-14)12-13-19(2)16-11-7-10-15(16)18;/h4-6,8-9,15-16H,3,7,10-13H2,1-2H3;1H/t15-,16+,18+;/m1./s1. The highest BCUT2D eigenvalue weighted by molar-refractivity contribution is 5.85. The number of fused-ring (bicyclic) bond motifs is 1. The second-order valence-electron chi connectivity index (χ2n) is 6.42. The van der Waals surface area contributed by atoms with Gasteiger partial charge in [-0.15, -0.1) is 12.4 Å². The Kier molecular flexibility index (Phi) is 5.51. The zero-order chi connectivity index (χ0) is 14.9. The van der Waals surface area contributed by atoms with Gasteiger partial charge < -0.3 is 9.64 Å². The highest BCUT2D eigenvalue weighted by Gasteiger charge is 2.52. The van der Waals surface area contributed by atoms with E-state index in [-0.39, 0.29) is 18.4 Å². The smallest absolute Gasteiger partial charge is 0.306 e. The molecule has 3 nitrogen and oxygen atoms in total. The first-order valence-corrected chi connectivity index (χ1v) is 8.15. The first kappa shape index (κ1) is 17.3. The van der Waals surface area contributed by atoms with Crippen LogP contribution in [-0.4, -0.2) is 30.5 Å². The Hall–Kier alpha value is -1.06. The van der Waals surface area contributed by atoms with Crippen LogP contribution in [0, 0.1) is 5.92 Å². The van der Waals surface area contributed by atoms with Gasteiger partial charge in [0.1, 0.15) is 5.60 Å². The zero-order valence-electron chi connectivity index (χ0n) is 13.5. The Morgan fingerprint density at radius 3 is 2.73 bits per heavy atom. The molecule has 1 aromatic rings. The molecule has 1 saturated carbocycles. The number of likely N-dealkylation sites (tertiary alicyclic amines) is 1. The molecule has 1 aliphatic heterocycles. The quantitative estimate of drug-likeness (QED) is 0.793. The molecule has 0 spiro atoms. The second kappa shape index (κ2) is 7.01. The molecule has 0 N–H and O–H groups in total. The van der Waals surface area contributed by atoms with E-state index in [1.807, 2.05) is 13.0 Å². The summed E-state index contributed by atoms with van der Waals surface area (Å²) in [6.07, 6.45) is 4.96. The molecule has 2 fully saturated rings. The van der Waals surface area contributed by atoms with Gasteiger partial charge in [0, 0.05) is 31.3 Å². The van der Waals surface area contributed by atoms with Gasteiger partial charge in [0.25, 0.3) is 0 Å². The average molecular weight is 324 g/mol. The molecule has 122 valence electrons. The van der Waals surface area contributed by atoms with Crippen LogP contribution in [0.25, 0.3) is 0 Å². The lowest BCUT2D eigenvalue weighted by molar-refractivity contribution is -0.179. The topological polar surface area (TPSA) is 29.5 Å². The predicted octanol–water partition coefficient (Wildman–Crippen LogP) is 3.76. The van der Waals surface area contributed by atoms with Crippen LogP contribution >= 0.6 is 12.4 Å². The highest BCUT2D eigenvalue weighted by Crippen LogP contribution is 2.50. The minimum atomic E-state index is -0.415. The van der Waals surface area contributed by atoms with Gasteiger partial charge >= 0.3 is 5.97 Å². The van der Waals surface area contributed by atoms with Gasteiger partial charge in [-0.25, -0.2) is 0 Å². The maximum Gasteiger partial charge on any atom is 0.306 e. The van der Waals surface area contributed by atoms with E-state index in [1.54, 1.807) is 0 Å². The lowest BCUT2D eigenvalue weighted by atomic mass is 9.73. The van der Waals surface area contributed by atoms with E-state index in [9.17, 15) is 4.79 Å². The van der Waals surface area contributed by atoms with E-state index in [1.165, 1.54) is 18.4 Å². The summed E-state index contributed by atoms with van der Waals surface area (Å²) in [5.41, 5.74) is 0.763. The zero-order valence-corrected chi connectivity index (χ0v) is 14.3. The minimum Gasteiger partial charge on any atom is -0.454 e. The molecule has 22 heavy (non-hydrogen) atoms. The third-order valence-electron chi connectivity index (χ3n) is 5.33. The molecule has 1 aliphatic carbocycles. The molecule has 0 unspecified atom stereocenters. The normalized spacial score (nSPS) is 31.2. The van der Waals surface area contributed by atoms with Crippen molar-refractivity contribution in [1.29, 1.82) is 0 Å². The molecule has 0 radical (unpaired) electrons. The Morgan fingerprint density at radius 2 is 2.05 bits per heavy atom. The largest absolute Gasteiger partial charge is 0.454 e. The lowest BCUT2D eigenvalue weighted by Gasteiger charge is -2.49. The van der Waals surface area contributed by atoms with Crippen LogP contribution in [0.1, 0.15) is 44.6 Å². The first-order valence-electron chi connectivity index (χ1n) is 8.15. The fourth-order valence-electron chi connectivity index (χ4n) is 4.25. The van der Waals surface area contributed by atoms with Gasteiger partial charge in [-0.1, -0.05) is 43.7 Å². The molecule has 2 aliphatic rings. The van der Waals surface area contributed by atoms with Gasteiger partial charge in [-0.2, -0.15) is 0 Å². The minimum absolute atomic E-state index is 0. The molecule has 0 amide bonds. The number of carbonyl (C=O) groups is 1. The number of piperidine rings is 1. The molecule has 1 aromatic carbocycles. The van der Waals surface area contributed by atoms with Gasteiger partial charge in [0.15, 0.2) is 0 Å². The molecular weight excluding hydrogens is 298 g/mol. The van der Waals surface area contributed by atoms with E-state index in [4.69, 9.17) is 4.74 Å². The van der Waals surface area contributed by atoms with Gasteiger partial charge in [-0.05, 0) is 25.5 Å². The van der Waals surface area contributed by atoms with Crippen molar-refractivity contribution in [3.8, 4) is 0 Å². The number of ether oxygens (including phenoxy) is 1. The Labute approximate surface area is 139 Å². The predicted molar refractivity (Wildman–Crippen MR) is 90.1 cm³/mol. The summed E-state index contributed by atoms with van der Waals surface area (Å²) in [5, 5.41) is 0. The van der Waals surface area contributed by atoms with E-state index in [0.717, 1.165) is 19.4 Å². The van der Waals surface area contributed by atoms with Crippen molar-refractivity contribution in [2.45, 2.75) is 50.7 Å². The van der Waals surface area contributed by atoms with Crippen molar-refractivity contribution in [3.63, 3.8) is 0 Å². The van der Waals surface area contributed by atoms with Crippen LogP contribution in [0.2, 0.25) is 0 Å². The monoisotopic (exact) mass is 323 g/mol. The maximum absolute atomic E-state index is 12.1. The van der Waals surface area contributed by atoms with Crippen LogP contribution in [0.5, 0.6) is 0 Å². The number of hydrogen-bond donors (Lipinski definition) is 0. The Morgan fingerprint density at radius 1 is 1.32 bits per heavy atom. The summed E-state index contributed by atoms with van der Waals surface area (Å²) in [7, 11) is 2.21. The Bertz CT molecular complexity index is 507. The number of rotatable bonds is 3. The van der Waals surface area contributed by atoms with Crippen molar-refractivity contribution >= 4 is 18.4 Å². The summed E-state index contributed by atoms with van der Waals surface area (Å²) < 4.78 is 6.11. The molecule has 1 saturated heterocycles. The second-order valence-corrected chi connectivity index (χ2v) is 6.42. The van der Waals surface area contributed by atoms with E-state index >= 15 is 0 Å². The SMILES string of the molecule is CCC(=O)O[C@]1(c2ccccc2)CCN(C)[C@H]2CCC[C@H]21.Cl. The van der Waals surface area contributed by atoms with E-state index in [0.29, 0.717) is 18.4 Å². The number of esters is 1. The van der Waals surface area contributed by atoms with Crippen molar-refractivity contribution < 1.29 is 9.53 Å². The number of carbonyl (C=O) groups excluding carboxylic acids is 1. The van der Waals surface area contributed by atoms with Crippen molar-refractivity contribution in [3.05, 3.63) is 35.9 Å². The van der Waals surface area contributed by atoms with E-state index in [2.05, 4.69) is 36.2 Å². The summed E-state index contributed by atoms with van der Waals surface area (Å²) in [6, 6.07) is 10.9. The van der Waals surface area contributed by atoms with Gasteiger partial charge in [0.05, 0.1) is 0 Å². The number of halogens is 1. The van der Waals surface area contributed by atoms with E-state index < -0.39 is 5.60 Å². The van der Waals surface area contributed by atoms with Crippen LogP contribution in [0.3, 0.4) is 0 Å². The van der Waals surface area contributed by atoms with Crippen LogP contribution in [-0.2, 0) is 15.1 Å². The molecule has 3 atom stereocenters. The number of hydrogen-bond acceptors (Lipinski definition) is 3. The molecule has 0 aromatic heterocycles. The van der Waals surface area contributed by atoms with Crippen LogP contribution < -0.4 is 0 Å². The number of nitrogens with zero attached hydrogens (tertiary/aromatic N) is 1. The lowest BCUT2D eigenvalue weighted by Crippen LogP contribution is -2.54. The van der Waals surface area contributed by atoms with Crippen molar-refractivity contribution in [2.24, 2.45) is 5.92 Å². The average Bonchev–Trinajstić information content (AvgIpc) is 3.02. The third-order valence-corrected chi connectivity index (χ3v) is 5.33.